The summed E-state index contributed by atoms with van der Waals surface area (Å²) >= 11 is 0. The zero-order valence-electron chi connectivity index (χ0n) is 8.84. The zero-order chi connectivity index (χ0) is 11.5. The van der Waals surface area contributed by atoms with Crippen LogP contribution in [0.2, 0.25) is 0 Å². The summed E-state index contributed by atoms with van der Waals surface area (Å²) in [6.45, 7) is 1.82. The van der Waals surface area contributed by atoms with Crippen molar-refractivity contribution in [1.82, 2.24) is 0 Å². The summed E-state index contributed by atoms with van der Waals surface area (Å²) in [5.74, 6) is 0.254. The van der Waals surface area contributed by atoms with Crippen molar-refractivity contribution >= 4 is 15.7 Å². The second kappa shape index (κ2) is 4.53. The van der Waals surface area contributed by atoms with Gasteiger partial charge in [-0.15, -0.1) is 0 Å². The number of hydrogen-bond acceptors (Lipinski definition) is 3. The van der Waals surface area contributed by atoms with Gasteiger partial charge in [0, 0.05) is 7.05 Å². The number of hydrogen-bond donors (Lipinski definition) is 1. The molecule has 0 heterocycles. The lowest BCUT2D eigenvalue weighted by Crippen LogP contribution is -2.28. The Hall–Kier alpha value is -1.23. The van der Waals surface area contributed by atoms with Crippen LogP contribution in [0.1, 0.15) is 13.3 Å². The highest BCUT2D eigenvalue weighted by Crippen LogP contribution is 2.19. The molecule has 0 saturated carbocycles. The van der Waals surface area contributed by atoms with Gasteiger partial charge in [-0.1, -0.05) is 6.92 Å². The van der Waals surface area contributed by atoms with Gasteiger partial charge in [-0.3, -0.25) is 4.31 Å². The quantitative estimate of drug-likeness (QED) is 0.852. The van der Waals surface area contributed by atoms with Crippen LogP contribution in [0.15, 0.2) is 24.3 Å². The van der Waals surface area contributed by atoms with E-state index in [0.29, 0.717) is 12.1 Å². The number of aromatic hydroxyl groups is 1. The molecule has 0 aliphatic heterocycles. The molecule has 5 heteroatoms. The smallest absolute Gasteiger partial charge is 0.234 e. The molecule has 1 rings (SSSR count). The number of phenolic OH excluding ortho intramolecular Hbond substituents is 1. The van der Waals surface area contributed by atoms with E-state index in [4.69, 9.17) is 5.11 Å². The zero-order valence-corrected chi connectivity index (χ0v) is 9.66. The van der Waals surface area contributed by atoms with Gasteiger partial charge < -0.3 is 5.11 Å². The summed E-state index contributed by atoms with van der Waals surface area (Å²) in [6, 6.07) is 6.08. The van der Waals surface area contributed by atoms with Crippen molar-refractivity contribution in [2.24, 2.45) is 0 Å². The first-order valence-corrected chi connectivity index (χ1v) is 6.34. The Morgan fingerprint density at radius 1 is 1.27 bits per heavy atom. The molecule has 0 saturated heterocycles. The first-order chi connectivity index (χ1) is 6.97. The Morgan fingerprint density at radius 2 is 1.80 bits per heavy atom. The molecule has 0 bridgehead atoms. The SMILES string of the molecule is CCCS(=O)(=O)N(C)c1ccc(O)cc1. The molecule has 0 aromatic heterocycles. The fourth-order valence-corrected chi connectivity index (χ4v) is 2.45. The van der Waals surface area contributed by atoms with E-state index in [9.17, 15) is 8.42 Å². The summed E-state index contributed by atoms with van der Waals surface area (Å²) in [5, 5.41) is 9.08. The predicted molar refractivity (Wildman–Crippen MR) is 60.6 cm³/mol. The summed E-state index contributed by atoms with van der Waals surface area (Å²) in [6.07, 6.45) is 0.588. The predicted octanol–water partition coefficient (Wildman–Crippen LogP) is 1.57. The minimum absolute atomic E-state index is 0.125. The van der Waals surface area contributed by atoms with Crippen LogP contribution < -0.4 is 4.31 Å². The maximum atomic E-state index is 11.7. The monoisotopic (exact) mass is 229 g/mol. The van der Waals surface area contributed by atoms with E-state index in [-0.39, 0.29) is 11.5 Å². The third-order valence-corrected chi connectivity index (χ3v) is 4.06. The van der Waals surface area contributed by atoms with Gasteiger partial charge in [0.05, 0.1) is 11.4 Å². The van der Waals surface area contributed by atoms with E-state index in [1.807, 2.05) is 6.92 Å². The van der Waals surface area contributed by atoms with Gasteiger partial charge in [0.15, 0.2) is 0 Å². The van der Waals surface area contributed by atoms with Crippen LogP contribution in [0.25, 0.3) is 0 Å². The topological polar surface area (TPSA) is 57.6 Å². The molecule has 0 spiro atoms. The second-order valence-electron chi connectivity index (χ2n) is 3.30. The summed E-state index contributed by atoms with van der Waals surface area (Å²) < 4.78 is 24.6. The molecule has 0 aliphatic carbocycles. The van der Waals surface area contributed by atoms with Crippen LogP contribution in [0.5, 0.6) is 5.75 Å². The summed E-state index contributed by atoms with van der Waals surface area (Å²) in [5.41, 5.74) is 0.557. The summed E-state index contributed by atoms with van der Waals surface area (Å²) in [4.78, 5) is 0. The Labute approximate surface area is 90.2 Å². The van der Waals surface area contributed by atoms with Gasteiger partial charge in [-0.25, -0.2) is 8.42 Å². The molecule has 0 unspecified atom stereocenters. The van der Waals surface area contributed by atoms with E-state index in [0.717, 1.165) is 0 Å². The Kier molecular flexibility index (Phi) is 3.57. The molecule has 0 atom stereocenters. The van der Waals surface area contributed by atoms with Crippen molar-refractivity contribution in [2.75, 3.05) is 17.1 Å². The Morgan fingerprint density at radius 3 is 2.27 bits per heavy atom. The number of phenols is 1. The van der Waals surface area contributed by atoms with Gasteiger partial charge in [0.2, 0.25) is 10.0 Å². The van der Waals surface area contributed by atoms with Crippen molar-refractivity contribution < 1.29 is 13.5 Å². The Bertz CT molecular complexity index is 411. The third kappa shape index (κ3) is 2.86. The van der Waals surface area contributed by atoms with Crippen molar-refractivity contribution in [1.29, 1.82) is 0 Å². The molecule has 0 fully saturated rings. The molecule has 0 amide bonds. The van der Waals surface area contributed by atoms with E-state index in [2.05, 4.69) is 0 Å². The van der Waals surface area contributed by atoms with E-state index >= 15 is 0 Å². The minimum atomic E-state index is -3.22. The minimum Gasteiger partial charge on any atom is -0.508 e. The first kappa shape index (κ1) is 11.8. The lowest BCUT2D eigenvalue weighted by molar-refractivity contribution is 0.475. The third-order valence-electron chi connectivity index (χ3n) is 2.09. The molecular formula is C10H15NO3S. The van der Waals surface area contributed by atoms with Crippen LogP contribution >= 0.6 is 0 Å². The number of nitrogens with zero attached hydrogens (tertiary/aromatic N) is 1. The number of benzene rings is 1. The first-order valence-electron chi connectivity index (χ1n) is 4.73. The van der Waals surface area contributed by atoms with Gasteiger partial charge in [0.25, 0.3) is 0 Å². The van der Waals surface area contributed by atoms with Gasteiger partial charge in [0.1, 0.15) is 5.75 Å². The fraction of sp³-hybridized carbons (Fsp3) is 0.400. The largest absolute Gasteiger partial charge is 0.508 e. The fourth-order valence-electron chi connectivity index (χ4n) is 1.22. The molecule has 1 N–H and O–H groups in total. The molecule has 15 heavy (non-hydrogen) atoms. The normalized spacial score (nSPS) is 11.3. The standard InChI is InChI=1S/C10H15NO3S/c1-3-8-15(13,14)11(2)9-4-6-10(12)7-5-9/h4-7,12H,3,8H2,1-2H3. The highest BCUT2D eigenvalue weighted by molar-refractivity contribution is 7.92. The van der Waals surface area contributed by atoms with Crippen LogP contribution in [-0.4, -0.2) is 26.3 Å². The molecule has 0 radical (unpaired) electrons. The average molecular weight is 229 g/mol. The highest BCUT2D eigenvalue weighted by atomic mass is 32.2. The molecule has 0 aliphatic rings. The maximum absolute atomic E-state index is 11.7. The Balaban J connectivity index is 2.94. The molecule has 84 valence electrons. The number of anilines is 1. The van der Waals surface area contributed by atoms with Gasteiger partial charge in [-0.05, 0) is 30.7 Å². The van der Waals surface area contributed by atoms with Gasteiger partial charge >= 0.3 is 0 Å². The lowest BCUT2D eigenvalue weighted by atomic mass is 10.3. The van der Waals surface area contributed by atoms with Crippen molar-refractivity contribution in [3.63, 3.8) is 0 Å². The van der Waals surface area contributed by atoms with Crippen molar-refractivity contribution in [3.8, 4) is 5.75 Å². The van der Waals surface area contributed by atoms with E-state index in [1.165, 1.54) is 23.5 Å². The molecular weight excluding hydrogens is 214 g/mol. The second-order valence-corrected chi connectivity index (χ2v) is 5.42. The highest BCUT2D eigenvalue weighted by Gasteiger charge is 2.16. The maximum Gasteiger partial charge on any atom is 0.234 e. The number of sulfonamides is 1. The van der Waals surface area contributed by atoms with E-state index in [1.54, 1.807) is 12.1 Å². The van der Waals surface area contributed by atoms with Crippen LogP contribution in [0.3, 0.4) is 0 Å². The molecule has 1 aromatic rings. The number of rotatable bonds is 4. The lowest BCUT2D eigenvalue weighted by Gasteiger charge is -2.18. The van der Waals surface area contributed by atoms with Gasteiger partial charge in [-0.2, -0.15) is 0 Å². The van der Waals surface area contributed by atoms with Crippen LogP contribution in [0, 0.1) is 0 Å². The summed E-state index contributed by atoms with van der Waals surface area (Å²) in [7, 11) is -1.71. The van der Waals surface area contributed by atoms with Crippen LogP contribution in [0.4, 0.5) is 5.69 Å². The van der Waals surface area contributed by atoms with Crippen molar-refractivity contribution in [3.05, 3.63) is 24.3 Å². The molecule has 1 aromatic carbocycles. The average Bonchev–Trinajstić information content (AvgIpc) is 2.18. The van der Waals surface area contributed by atoms with Crippen molar-refractivity contribution in [2.45, 2.75) is 13.3 Å². The van der Waals surface area contributed by atoms with E-state index < -0.39 is 10.0 Å². The van der Waals surface area contributed by atoms with Crippen LogP contribution in [-0.2, 0) is 10.0 Å². The molecule has 4 nitrogen and oxygen atoms in total.